The highest BCUT2D eigenvalue weighted by molar-refractivity contribution is 6.39. The van der Waals surface area contributed by atoms with Gasteiger partial charge in [0, 0.05) is 17.1 Å². The van der Waals surface area contributed by atoms with E-state index in [2.05, 4.69) is 15.8 Å². The normalized spacial score (nSPS) is 10.6. The summed E-state index contributed by atoms with van der Waals surface area (Å²) in [6.45, 7) is 1.78. The van der Waals surface area contributed by atoms with E-state index < -0.39 is 11.9 Å². The molecule has 28 heavy (non-hydrogen) atoms. The average molecular weight is 439 g/mol. The van der Waals surface area contributed by atoms with Crippen molar-refractivity contribution in [1.82, 2.24) is 15.8 Å². The predicted molar refractivity (Wildman–Crippen MR) is 108 cm³/mol. The summed E-state index contributed by atoms with van der Waals surface area (Å²) in [4.78, 5) is 24.7. The summed E-state index contributed by atoms with van der Waals surface area (Å²) >= 11 is 18.2. The molecule has 0 unspecified atom stereocenters. The van der Waals surface area contributed by atoms with Crippen LogP contribution in [0.15, 0.2) is 47.0 Å². The van der Waals surface area contributed by atoms with E-state index in [0.717, 1.165) is 5.56 Å². The summed E-state index contributed by atoms with van der Waals surface area (Å²) in [6.07, 6.45) is 0. The lowest BCUT2D eigenvalue weighted by atomic mass is 10.1. The summed E-state index contributed by atoms with van der Waals surface area (Å²) in [5.41, 5.74) is 1.43. The number of aromatic nitrogens is 1. The zero-order valence-corrected chi connectivity index (χ0v) is 16.8. The van der Waals surface area contributed by atoms with Crippen molar-refractivity contribution in [2.24, 2.45) is 0 Å². The van der Waals surface area contributed by atoms with Crippen LogP contribution in [-0.2, 0) is 6.54 Å². The van der Waals surface area contributed by atoms with Crippen LogP contribution in [0.5, 0.6) is 0 Å². The van der Waals surface area contributed by atoms with Crippen LogP contribution in [0.2, 0.25) is 15.1 Å². The number of carbonyl (C=O) groups is 2. The van der Waals surface area contributed by atoms with Crippen LogP contribution in [-0.4, -0.2) is 17.1 Å². The highest BCUT2D eigenvalue weighted by atomic mass is 35.5. The predicted octanol–water partition coefficient (Wildman–Crippen LogP) is 5.25. The molecule has 0 radical (unpaired) electrons. The second-order valence-corrected chi connectivity index (χ2v) is 7.07. The number of urea groups is 1. The summed E-state index contributed by atoms with van der Waals surface area (Å²) in [6, 6.07) is 11.2. The average Bonchev–Trinajstić information content (AvgIpc) is 3.02. The first-order valence-electron chi connectivity index (χ1n) is 8.11. The molecule has 3 aromatic rings. The van der Waals surface area contributed by atoms with Gasteiger partial charge in [0.1, 0.15) is 17.0 Å². The Morgan fingerprint density at radius 2 is 1.68 bits per heavy atom. The van der Waals surface area contributed by atoms with E-state index in [1.165, 1.54) is 0 Å². The molecule has 1 heterocycles. The van der Waals surface area contributed by atoms with Gasteiger partial charge in [-0.25, -0.2) is 4.79 Å². The Hall–Kier alpha value is -2.54. The number of rotatable bonds is 4. The minimum Gasteiger partial charge on any atom is -0.360 e. The summed E-state index contributed by atoms with van der Waals surface area (Å²) in [5, 5.41) is 9.95. The number of imide groups is 1. The van der Waals surface area contributed by atoms with E-state index in [4.69, 9.17) is 39.3 Å². The first-order valence-corrected chi connectivity index (χ1v) is 9.24. The van der Waals surface area contributed by atoms with E-state index >= 15 is 0 Å². The van der Waals surface area contributed by atoms with Gasteiger partial charge in [-0.3, -0.25) is 10.1 Å². The third-order valence-electron chi connectivity index (χ3n) is 3.88. The first kappa shape index (κ1) is 20.2. The van der Waals surface area contributed by atoms with Gasteiger partial charge in [-0.15, -0.1) is 0 Å². The highest BCUT2D eigenvalue weighted by Crippen LogP contribution is 2.36. The van der Waals surface area contributed by atoms with Gasteiger partial charge >= 0.3 is 6.03 Å². The van der Waals surface area contributed by atoms with Gasteiger partial charge in [-0.1, -0.05) is 58.2 Å². The Kier molecular flexibility index (Phi) is 6.24. The van der Waals surface area contributed by atoms with Crippen molar-refractivity contribution in [1.29, 1.82) is 0 Å². The molecule has 0 aliphatic rings. The van der Waals surface area contributed by atoms with Crippen molar-refractivity contribution < 1.29 is 14.1 Å². The van der Waals surface area contributed by atoms with E-state index in [0.29, 0.717) is 20.6 Å². The Bertz CT molecular complexity index is 1010. The van der Waals surface area contributed by atoms with Gasteiger partial charge in [0.2, 0.25) is 0 Å². The van der Waals surface area contributed by atoms with Crippen LogP contribution in [0.3, 0.4) is 0 Å². The Morgan fingerprint density at radius 1 is 1.04 bits per heavy atom. The molecular formula is C19H14Cl3N3O3. The maximum Gasteiger partial charge on any atom is 0.321 e. The van der Waals surface area contributed by atoms with Crippen LogP contribution < -0.4 is 10.6 Å². The first-order chi connectivity index (χ1) is 13.4. The zero-order valence-electron chi connectivity index (χ0n) is 14.6. The number of nitrogens with zero attached hydrogens (tertiary/aromatic N) is 1. The highest BCUT2D eigenvalue weighted by Gasteiger charge is 2.25. The lowest BCUT2D eigenvalue weighted by Crippen LogP contribution is -2.39. The van der Waals surface area contributed by atoms with E-state index in [9.17, 15) is 9.59 Å². The molecule has 9 heteroatoms. The molecule has 0 saturated heterocycles. The standard InChI is InChI=1S/C19H14Cl3N3O3/c1-10-15(17(25-28-10)16-13(21)3-2-4-14(16)22)18(26)24-19(27)23-9-11-5-7-12(20)8-6-11/h2-8H,9H2,1H3,(H2,23,24,26,27). The molecule has 0 saturated carbocycles. The molecule has 0 aliphatic heterocycles. The van der Waals surface area contributed by atoms with Crippen LogP contribution in [0.4, 0.5) is 4.79 Å². The molecule has 3 amide bonds. The molecule has 2 N–H and O–H groups in total. The van der Waals surface area contributed by atoms with E-state index in [1.807, 2.05) is 0 Å². The van der Waals surface area contributed by atoms with E-state index in [-0.39, 0.29) is 23.6 Å². The molecule has 144 valence electrons. The second kappa shape index (κ2) is 8.65. The molecule has 2 aromatic carbocycles. The summed E-state index contributed by atoms with van der Waals surface area (Å²) in [7, 11) is 0. The number of halogens is 3. The molecule has 1 aromatic heterocycles. The van der Waals surface area contributed by atoms with Crippen molar-refractivity contribution in [3.8, 4) is 11.3 Å². The molecule has 6 nitrogen and oxygen atoms in total. The zero-order chi connectivity index (χ0) is 20.3. The number of amides is 3. The lowest BCUT2D eigenvalue weighted by molar-refractivity contribution is 0.0963. The van der Waals surface area contributed by atoms with Crippen molar-refractivity contribution in [3.05, 3.63) is 74.4 Å². The fourth-order valence-electron chi connectivity index (χ4n) is 2.53. The molecule has 0 aliphatic carbocycles. The molecular weight excluding hydrogens is 425 g/mol. The number of hydrogen-bond acceptors (Lipinski definition) is 4. The maximum atomic E-state index is 12.6. The summed E-state index contributed by atoms with van der Waals surface area (Å²) < 4.78 is 5.13. The Labute approximate surface area is 175 Å². The number of nitrogens with one attached hydrogen (secondary N) is 2. The second-order valence-electron chi connectivity index (χ2n) is 5.82. The number of aryl methyl sites for hydroxylation is 1. The largest absolute Gasteiger partial charge is 0.360 e. The third kappa shape index (κ3) is 4.47. The van der Waals surface area contributed by atoms with Gasteiger partial charge in [0.15, 0.2) is 0 Å². The Balaban J connectivity index is 1.75. The molecule has 0 fully saturated rings. The van der Waals surface area contributed by atoms with Crippen molar-refractivity contribution in [2.75, 3.05) is 0 Å². The van der Waals surface area contributed by atoms with Gasteiger partial charge < -0.3 is 9.84 Å². The third-order valence-corrected chi connectivity index (χ3v) is 4.76. The number of hydrogen-bond donors (Lipinski definition) is 2. The smallest absolute Gasteiger partial charge is 0.321 e. The van der Waals surface area contributed by atoms with Crippen molar-refractivity contribution in [2.45, 2.75) is 13.5 Å². The van der Waals surface area contributed by atoms with Gasteiger partial charge in [0.25, 0.3) is 5.91 Å². The minimum atomic E-state index is -0.682. The lowest BCUT2D eigenvalue weighted by Gasteiger charge is -2.08. The van der Waals surface area contributed by atoms with Crippen LogP contribution in [0.25, 0.3) is 11.3 Å². The van der Waals surface area contributed by atoms with Crippen molar-refractivity contribution in [3.63, 3.8) is 0 Å². The molecule has 0 atom stereocenters. The monoisotopic (exact) mass is 437 g/mol. The topological polar surface area (TPSA) is 84.2 Å². The fraction of sp³-hybridized carbons (Fsp3) is 0.105. The van der Waals surface area contributed by atoms with Crippen LogP contribution >= 0.6 is 34.8 Å². The SMILES string of the molecule is Cc1onc(-c2c(Cl)cccc2Cl)c1C(=O)NC(=O)NCc1ccc(Cl)cc1. The van der Waals surface area contributed by atoms with Gasteiger partial charge in [-0.2, -0.15) is 0 Å². The van der Waals surface area contributed by atoms with Gasteiger partial charge in [-0.05, 0) is 36.8 Å². The van der Waals surface area contributed by atoms with Gasteiger partial charge in [0.05, 0.1) is 10.0 Å². The van der Waals surface area contributed by atoms with E-state index in [1.54, 1.807) is 49.4 Å². The number of carbonyl (C=O) groups excluding carboxylic acids is 2. The quantitative estimate of drug-likeness (QED) is 0.582. The summed E-state index contributed by atoms with van der Waals surface area (Å²) in [5.74, 6) is -0.452. The molecule has 0 bridgehead atoms. The van der Waals surface area contributed by atoms with Crippen LogP contribution in [0, 0.1) is 6.92 Å². The molecule has 3 rings (SSSR count). The molecule has 0 spiro atoms. The fourth-order valence-corrected chi connectivity index (χ4v) is 3.23. The Morgan fingerprint density at radius 3 is 2.32 bits per heavy atom. The van der Waals surface area contributed by atoms with Crippen LogP contribution in [0.1, 0.15) is 21.7 Å². The minimum absolute atomic E-state index is 0.0802. The number of benzene rings is 2. The van der Waals surface area contributed by atoms with Crippen molar-refractivity contribution >= 4 is 46.7 Å². The maximum absolute atomic E-state index is 12.6.